The fourth-order valence-electron chi connectivity index (χ4n) is 2.45. The first-order valence-electron chi connectivity index (χ1n) is 6.75. The van der Waals surface area contributed by atoms with Gasteiger partial charge in [-0.15, -0.1) is 12.3 Å². The summed E-state index contributed by atoms with van der Waals surface area (Å²) in [6, 6.07) is -1.48. The van der Waals surface area contributed by atoms with Gasteiger partial charge in [0, 0.05) is 13.0 Å². The molecule has 0 saturated heterocycles. The molecule has 2 amide bonds. The molecule has 0 aromatic carbocycles. The molecule has 0 aliphatic heterocycles. The molecule has 0 aromatic rings. The van der Waals surface area contributed by atoms with Crippen LogP contribution in [-0.2, 0) is 4.79 Å². The first-order chi connectivity index (χ1) is 9.04. The largest absolute Gasteiger partial charge is 0.480 e. The predicted molar refractivity (Wildman–Crippen MR) is 72.5 cm³/mol. The van der Waals surface area contributed by atoms with E-state index in [1.54, 1.807) is 0 Å². The summed E-state index contributed by atoms with van der Waals surface area (Å²) in [5.41, 5.74) is 0. The van der Waals surface area contributed by atoms with Gasteiger partial charge in [-0.3, -0.25) is 0 Å². The van der Waals surface area contributed by atoms with Crippen LogP contribution in [0.2, 0.25) is 0 Å². The molecular formula is C14H22N2O3. The van der Waals surface area contributed by atoms with Crippen LogP contribution in [0, 0.1) is 24.2 Å². The minimum absolute atomic E-state index is 0.0113. The molecule has 0 bridgehead atoms. The number of amides is 2. The fraction of sp³-hybridized carbons (Fsp3) is 0.714. The van der Waals surface area contributed by atoms with Gasteiger partial charge in [0.1, 0.15) is 6.04 Å². The number of hydrogen-bond donors (Lipinski definition) is 3. The third kappa shape index (κ3) is 5.21. The lowest BCUT2D eigenvalue weighted by molar-refractivity contribution is -0.139. The number of urea groups is 1. The molecule has 3 N–H and O–H groups in total. The summed E-state index contributed by atoms with van der Waals surface area (Å²) >= 11 is 0. The second kappa shape index (κ2) is 7.67. The molecule has 1 saturated carbocycles. The van der Waals surface area contributed by atoms with E-state index in [4.69, 9.17) is 11.5 Å². The summed E-state index contributed by atoms with van der Waals surface area (Å²) in [5.74, 6) is 2.22. The highest BCUT2D eigenvalue weighted by molar-refractivity contribution is 5.82. The normalized spacial score (nSPS) is 24.0. The van der Waals surface area contributed by atoms with E-state index in [0.29, 0.717) is 18.4 Å². The lowest BCUT2D eigenvalue weighted by atomic mass is 9.80. The van der Waals surface area contributed by atoms with Crippen LogP contribution in [0.15, 0.2) is 0 Å². The first kappa shape index (κ1) is 15.4. The van der Waals surface area contributed by atoms with E-state index in [1.807, 2.05) is 0 Å². The second-order valence-corrected chi connectivity index (χ2v) is 5.18. The Bertz CT molecular complexity index is 362. The van der Waals surface area contributed by atoms with E-state index in [-0.39, 0.29) is 6.42 Å². The molecule has 3 unspecified atom stereocenters. The van der Waals surface area contributed by atoms with Gasteiger partial charge in [-0.2, -0.15) is 0 Å². The van der Waals surface area contributed by atoms with E-state index < -0.39 is 18.0 Å². The van der Waals surface area contributed by atoms with Crippen molar-refractivity contribution in [2.45, 2.75) is 45.1 Å². The van der Waals surface area contributed by atoms with Crippen molar-refractivity contribution in [3.8, 4) is 12.3 Å². The Morgan fingerprint density at radius 3 is 2.68 bits per heavy atom. The smallest absolute Gasteiger partial charge is 0.327 e. The highest BCUT2D eigenvalue weighted by Gasteiger charge is 2.23. The quantitative estimate of drug-likeness (QED) is 0.661. The van der Waals surface area contributed by atoms with Crippen LogP contribution >= 0.6 is 0 Å². The number of carboxylic acids is 1. The third-order valence-electron chi connectivity index (χ3n) is 3.74. The van der Waals surface area contributed by atoms with E-state index in [9.17, 15) is 9.59 Å². The molecule has 1 rings (SSSR count). The molecule has 1 aliphatic rings. The van der Waals surface area contributed by atoms with Crippen molar-refractivity contribution in [3.05, 3.63) is 0 Å². The zero-order chi connectivity index (χ0) is 14.3. The van der Waals surface area contributed by atoms with Gasteiger partial charge in [0.05, 0.1) is 0 Å². The minimum Gasteiger partial charge on any atom is -0.480 e. The SMILES string of the molecule is C#CCC(NC(=O)NCC1CCCCC1C)C(=O)O. The van der Waals surface area contributed by atoms with Crippen molar-refractivity contribution in [1.82, 2.24) is 10.6 Å². The van der Waals surface area contributed by atoms with E-state index in [1.165, 1.54) is 19.3 Å². The summed E-state index contributed by atoms with van der Waals surface area (Å²) in [5, 5.41) is 14.0. The average Bonchev–Trinajstić information content (AvgIpc) is 2.37. The van der Waals surface area contributed by atoms with Gasteiger partial charge in [0.15, 0.2) is 0 Å². The Hall–Kier alpha value is -1.70. The van der Waals surface area contributed by atoms with Gasteiger partial charge in [0.25, 0.3) is 0 Å². The summed E-state index contributed by atoms with van der Waals surface area (Å²) in [6.07, 6.45) is 9.83. The van der Waals surface area contributed by atoms with E-state index in [0.717, 1.165) is 6.42 Å². The van der Waals surface area contributed by atoms with Crippen LogP contribution in [0.1, 0.15) is 39.0 Å². The van der Waals surface area contributed by atoms with Crippen molar-refractivity contribution >= 4 is 12.0 Å². The number of rotatable bonds is 5. The Labute approximate surface area is 114 Å². The maximum absolute atomic E-state index is 11.6. The van der Waals surface area contributed by atoms with Crippen LogP contribution in [-0.4, -0.2) is 29.7 Å². The lowest BCUT2D eigenvalue weighted by Crippen LogP contribution is -2.47. The van der Waals surface area contributed by atoms with Gasteiger partial charge in [-0.1, -0.05) is 26.2 Å². The molecule has 0 radical (unpaired) electrons. The number of carbonyl (C=O) groups is 2. The summed E-state index contributed by atoms with van der Waals surface area (Å²) in [7, 11) is 0. The van der Waals surface area contributed by atoms with Gasteiger partial charge < -0.3 is 15.7 Å². The Morgan fingerprint density at radius 2 is 2.11 bits per heavy atom. The monoisotopic (exact) mass is 266 g/mol. The molecule has 1 fully saturated rings. The van der Waals surface area contributed by atoms with Crippen LogP contribution < -0.4 is 10.6 Å². The summed E-state index contributed by atoms with van der Waals surface area (Å²) in [4.78, 5) is 22.5. The number of aliphatic carboxylic acids is 1. The van der Waals surface area contributed by atoms with Crippen molar-refractivity contribution in [1.29, 1.82) is 0 Å². The molecular weight excluding hydrogens is 244 g/mol. The Balaban J connectivity index is 2.34. The molecule has 0 aromatic heterocycles. The topological polar surface area (TPSA) is 78.4 Å². The first-order valence-corrected chi connectivity index (χ1v) is 6.75. The highest BCUT2D eigenvalue weighted by atomic mass is 16.4. The molecule has 0 heterocycles. The van der Waals surface area contributed by atoms with Gasteiger partial charge in [-0.25, -0.2) is 9.59 Å². The fourth-order valence-corrected chi connectivity index (χ4v) is 2.45. The number of carboxylic acid groups (broad SMARTS) is 1. The molecule has 5 nitrogen and oxygen atoms in total. The highest BCUT2D eigenvalue weighted by Crippen LogP contribution is 2.28. The van der Waals surface area contributed by atoms with Crippen LogP contribution in [0.5, 0.6) is 0 Å². The molecule has 3 atom stereocenters. The number of terminal acetylenes is 1. The van der Waals surface area contributed by atoms with E-state index in [2.05, 4.69) is 23.5 Å². The standard InChI is InChI=1S/C14H22N2O3/c1-3-6-12(13(17)18)16-14(19)15-9-11-8-5-4-7-10(11)2/h1,10-12H,4-9H2,2H3,(H,17,18)(H2,15,16,19). The van der Waals surface area contributed by atoms with Crippen LogP contribution in [0.4, 0.5) is 4.79 Å². The second-order valence-electron chi connectivity index (χ2n) is 5.18. The summed E-state index contributed by atoms with van der Waals surface area (Å²) < 4.78 is 0. The zero-order valence-electron chi connectivity index (χ0n) is 11.3. The van der Waals surface area contributed by atoms with Gasteiger partial charge >= 0.3 is 12.0 Å². The van der Waals surface area contributed by atoms with Crippen molar-refractivity contribution in [2.75, 3.05) is 6.54 Å². The molecule has 106 valence electrons. The minimum atomic E-state index is -1.11. The van der Waals surface area contributed by atoms with Crippen molar-refractivity contribution in [2.24, 2.45) is 11.8 Å². The number of nitrogens with one attached hydrogen (secondary N) is 2. The number of carbonyl (C=O) groups excluding carboxylic acids is 1. The Kier molecular flexibility index (Phi) is 6.20. The molecule has 19 heavy (non-hydrogen) atoms. The molecule has 5 heteroatoms. The van der Waals surface area contributed by atoms with E-state index >= 15 is 0 Å². The van der Waals surface area contributed by atoms with Crippen molar-refractivity contribution < 1.29 is 14.7 Å². The zero-order valence-corrected chi connectivity index (χ0v) is 11.3. The maximum Gasteiger partial charge on any atom is 0.327 e. The lowest BCUT2D eigenvalue weighted by Gasteiger charge is -2.28. The van der Waals surface area contributed by atoms with Gasteiger partial charge in [0.2, 0.25) is 0 Å². The van der Waals surface area contributed by atoms with Crippen LogP contribution in [0.25, 0.3) is 0 Å². The molecule has 1 aliphatic carbocycles. The summed E-state index contributed by atoms with van der Waals surface area (Å²) in [6.45, 7) is 2.79. The third-order valence-corrected chi connectivity index (χ3v) is 3.74. The predicted octanol–water partition coefficient (Wildman–Crippen LogP) is 1.59. The van der Waals surface area contributed by atoms with Crippen LogP contribution in [0.3, 0.4) is 0 Å². The Morgan fingerprint density at radius 1 is 1.42 bits per heavy atom. The maximum atomic E-state index is 11.6. The van der Waals surface area contributed by atoms with Crippen molar-refractivity contribution in [3.63, 3.8) is 0 Å². The number of hydrogen-bond acceptors (Lipinski definition) is 2. The van der Waals surface area contributed by atoms with Gasteiger partial charge in [-0.05, 0) is 18.3 Å². The molecule has 0 spiro atoms. The average molecular weight is 266 g/mol.